The van der Waals surface area contributed by atoms with Gasteiger partial charge in [0.25, 0.3) is 0 Å². The van der Waals surface area contributed by atoms with E-state index < -0.39 is 16.2 Å². The molecule has 1 fully saturated rings. The largest absolute Gasteiger partial charge is 0.468 e. The van der Waals surface area contributed by atoms with E-state index >= 15 is 0 Å². The van der Waals surface area contributed by atoms with Crippen LogP contribution in [-0.4, -0.2) is 23.7 Å². The number of ketones is 1. The van der Waals surface area contributed by atoms with Crippen molar-refractivity contribution in [2.24, 2.45) is 0 Å². The molecule has 5 heteroatoms. The fraction of sp³-hybridized carbons (Fsp3) is 0.429. The highest BCUT2D eigenvalue weighted by Crippen LogP contribution is 2.44. The van der Waals surface area contributed by atoms with Gasteiger partial charge in [-0.15, -0.1) is 0 Å². The summed E-state index contributed by atoms with van der Waals surface area (Å²) in [7, 11) is 1.28. The molecule has 2 rings (SSSR count). The van der Waals surface area contributed by atoms with Crippen molar-refractivity contribution >= 4 is 27.7 Å². The molecule has 0 aromatic heterocycles. The fourth-order valence-corrected chi connectivity index (χ4v) is 3.41. The topological polar surface area (TPSA) is 43.4 Å². The van der Waals surface area contributed by atoms with Crippen LogP contribution in [0.1, 0.15) is 24.0 Å². The lowest BCUT2D eigenvalue weighted by Gasteiger charge is -2.27. The average molecular weight is 329 g/mol. The summed E-state index contributed by atoms with van der Waals surface area (Å²) < 4.78 is 18.6. The number of rotatable bonds is 2. The van der Waals surface area contributed by atoms with Crippen LogP contribution in [-0.2, 0) is 19.7 Å². The van der Waals surface area contributed by atoms with Gasteiger partial charge in [0.1, 0.15) is 17.0 Å². The number of hydrogen-bond acceptors (Lipinski definition) is 3. The number of Topliss-reactive ketones (excluding diaryl/α,β-unsaturated/α-hetero) is 1. The van der Waals surface area contributed by atoms with Crippen molar-refractivity contribution < 1.29 is 18.7 Å². The molecule has 0 bridgehead atoms. The molecule has 1 saturated carbocycles. The summed E-state index contributed by atoms with van der Waals surface area (Å²) in [5.41, 5.74) is -0.149. The van der Waals surface area contributed by atoms with Gasteiger partial charge in [0.05, 0.1) is 11.9 Å². The van der Waals surface area contributed by atoms with Crippen LogP contribution in [0.15, 0.2) is 18.2 Å². The van der Waals surface area contributed by atoms with E-state index in [0.717, 1.165) is 0 Å². The van der Waals surface area contributed by atoms with Gasteiger partial charge in [-0.25, -0.2) is 4.39 Å². The minimum absolute atomic E-state index is 0.0416. The number of hydrogen-bond donors (Lipinski definition) is 0. The zero-order chi connectivity index (χ0) is 14.2. The maximum absolute atomic E-state index is 13.7. The van der Waals surface area contributed by atoms with E-state index in [0.29, 0.717) is 17.5 Å². The van der Waals surface area contributed by atoms with Crippen molar-refractivity contribution in [2.45, 2.75) is 30.0 Å². The van der Waals surface area contributed by atoms with Crippen molar-refractivity contribution in [3.63, 3.8) is 0 Å². The third-order valence-electron chi connectivity index (χ3n) is 3.71. The molecule has 1 aliphatic rings. The lowest BCUT2D eigenvalue weighted by molar-refractivity contribution is -0.148. The van der Waals surface area contributed by atoms with E-state index in [9.17, 15) is 14.0 Å². The highest BCUT2D eigenvalue weighted by atomic mass is 79.9. The molecule has 0 spiro atoms. The molecule has 1 unspecified atom stereocenters. The van der Waals surface area contributed by atoms with Gasteiger partial charge in [0.2, 0.25) is 0 Å². The second-order valence-corrected chi connectivity index (χ2v) is 5.91. The van der Waals surface area contributed by atoms with Crippen molar-refractivity contribution in [2.75, 3.05) is 7.11 Å². The van der Waals surface area contributed by atoms with Crippen molar-refractivity contribution in [1.82, 2.24) is 0 Å². The van der Waals surface area contributed by atoms with Gasteiger partial charge in [-0.1, -0.05) is 28.1 Å². The zero-order valence-corrected chi connectivity index (χ0v) is 12.3. The highest BCUT2D eigenvalue weighted by Gasteiger charge is 2.52. The summed E-state index contributed by atoms with van der Waals surface area (Å²) >= 11 is 3.27. The summed E-state index contributed by atoms with van der Waals surface area (Å²) in [6.07, 6.45) is 0.336. The number of halogens is 2. The summed E-state index contributed by atoms with van der Waals surface area (Å²) in [5.74, 6) is -0.934. The minimum atomic E-state index is -1.08. The Kier molecular flexibility index (Phi) is 3.76. The molecule has 102 valence electrons. The molecular weight excluding hydrogens is 315 g/mol. The molecule has 0 radical (unpaired) electrons. The maximum Gasteiger partial charge on any atom is 0.316 e. The quantitative estimate of drug-likeness (QED) is 0.619. The van der Waals surface area contributed by atoms with Crippen LogP contribution in [0.3, 0.4) is 0 Å². The predicted octanol–water partition coefficient (Wildman–Crippen LogP) is 2.67. The fourth-order valence-electron chi connectivity index (χ4n) is 2.69. The minimum Gasteiger partial charge on any atom is -0.468 e. The van der Waals surface area contributed by atoms with Gasteiger partial charge in [-0.3, -0.25) is 9.59 Å². The third kappa shape index (κ3) is 2.20. The Hall–Kier alpha value is -1.23. The third-order valence-corrected chi connectivity index (χ3v) is 4.55. The average Bonchev–Trinajstić information content (AvgIpc) is 2.69. The summed E-state index contributed by atoms with van der Waals surface area (Å²) in [6.45, 7) is 1.61. The van der Waals surface area contributed by atoms with Crippen LogP contribution in [0.4, 0.5) is 4.39 Å². The molecule has 1 aliphatic carbocycles. The van der Waals surface area contributed by atoms with E-state index in [1.165, 1.54) is 13.2 Å². The Balaban J connectivity index is 2.60. The SMILES string of the molecule is COC(=O)[C@]1(c2cccc(F)c2C)CC(=O)C(Br)C1. The molecule has 3 nitrogen and oxygen atoms in total. The van der Waals surface area contributed by atoms with Crippen LogP contribution in [0.5, 0.6) is 0 Å². The summed E-state index contributed by atoms with van der Waals surface area (Å²) in [6, 6.07) is 4.58. The van der Waals surface area contributed by atoms with Gasteiger partial charge >= 0.3 is 5.97 Å². The summed E-state index contributed by atoms with van der Waals surface area (Å²) in [5, 5.41) is 0. The first-order valence-electron chi connectivity index (χ1n) is 5.93. The van der Waals surface area contributed by atoms with E-state index in [-0.39, 0.29) is 18.0 Å². The second kappa shape index (κ2) is 5.04. The van der Waals surface area contributed by atoms with Crippen LogP contribution < -0.4 is 0 Å². The van der Waals surface area contributed by atoms with Crippen molar-refractivity contribution in [3.8, 4) is 0 Å². The maximum atomic E-state index is 13.7. The van der Waals surface area contributed by atoms with Gasteiger partial charge in [0.15, 0.2) is 0 Å². The van der Waals surface area contributed by atoms with Crippen molar-refractivity contribution in [1.29, 1.82) is 0 Å². The van der Waals surface area contributed by atoms with Gasteiger partial charge < -0.3 is 4.74 Å². The Bertz CT molecular complexity index is 543. The molecule has 0 N–H and O–H groups in total. The second-order valence-electron chi connectivity index (χ2n) is 4.80. The number of benzene rings is 1. The van der Waals surface area contributed by atoms with Gasteiger partial charge in [-0.2, -0.15) is 0 Å². The first-order valence-corrected chi connectivity index (χ1v) is 6.85. The Morgan fingerprint density at radius 2 is 2.21 bits per heavy atom. The number of carbonyl (C=O) groups is 2. The number of ether oxygens (including phenoxy) is 1. The smallest absolute Gasteiger partial charge is 0.316 e. The van der Waals surface area contributed by atoms with Gasteiger partial charge in [0, 0.05) is 6.42 Å². The number of esters is 1. The molecular formula is C14H14BrFO3. The van der Waals surface area contributed by atoms with Crippen LogP contribution in [0.2, 0.25) is 0 Å². The molecule has 0 saturated heterocycles. The van der Waals surface area contributed by atoms with Crippen LogP contribution >= 0.6 is 15.9 Å². The first-order chi connectivity index (χ1) is 8.92. The standard InChI is InChI=1S/C14H14BrFO3/c1-8-9(4-3-5-11(8)16)14(13(18)19-2)6-10(15)12(17)7-14/h3-5,10H,6-7H2,1-2H3/t10?,14-/m0/s1. The predicted molar refractivity (Wildman–Crippen MR) is 71.8 cm³/mol. The number of carbonyl (C=O) groups excluding carboxylic acids is 2. The normalized spacial score (nSPS) is 26.5. The Morgan fingerprint density at radius 3 is 2.74 bits per heavy atom. The summed E-state index contributed by atoms with van der Waals surface area (Å²) in [4.78, 5) is 23.6. The number of methoxy groups -OCH3 is 1. The monoisotopic (exact) mass is 328 g/mol. The van der Waals surface area contributed by atoms with E-state index in [1.54, 1.807) is 19.1 Å². The molecule has 2 atom stereocenters. The Labute approximate surface area is 119 Å². The molecule has 1 aromatic rings. The molecule has 0 aliphatic heterocycles. The lowest BCUT2D eigenvalue weighted by Crippen LogP contribution is -2.36. The Morgan fingerprint density at radius 1 is 1.53 bits per heavy atom. The molecule has 0 heterocycles. The number of alkyl halides is 1. The highest BCUT2D eigenvalue weighted by molar-refractivity contribution is 9.10. The lowest BCUT2D eigenvalue weighted by atomic mass is 9.76. The molecule has 19 heavy (non-hydrogen) atoms. The van der Waals surface area contributed by atoms with Crippen molar-refractivity contribution in [3.05, 3.63) is 35.1 Å². The van der Waals surface area contributed by atoms with E-state index in [4.69, 9.17) is 4.74 Å². The van der Waals surface area contributed by atoms with E-state index in [2.05, 4.69) is 15.9 Å². The van der Waals surface area contributed by atoms with Gasteiger partial charge in [-0.05, 0) is 30.5 Å². The van der Waals surface area contributed by atoms with Crippen LogP contribution in [0.25, 0.3) is 0 Å². The first kappa shape index (κ1) is 14.2. The molecule has 0 amide bonds. The molecule has 1 aromatic carbocycles. The zero-order valence-electron chi connectivity index (χ0n) is 10.7. The van der Waals surface area contributed by atoms with Crippen LogP contribution in [0, 0.1) is 12.7 Å². The van der Waals surface area contributed by atoms with E-state index in [1.807, 2.05) is 0 Å².